The van der Waals surface area contributed by atoms with Crippen LogP contribution < -0.4 is 15.2 Å². The SMILES string of the molecule is NS(=O)(=O)c1ccc(O)c(NC(=O)c2cccc(Oc3ccccc3)c2)c1. The second-order valence-corrected chi connectivity index (χ2v) is 7.18. The Morgan fingerprint density at radius 3 is 2.33 bits per heavy atom. The maximum absolute atomic E-state index is 12.5. The smallest absolute Gasteiger partial charge is 0.255 e. The summed E-state index contributed by atoms with van der Waals surface area (Å²) in [5, 5.41) is 17.4. The zero-order chi connectivity index (χ0) is 19.4. The molecule has 27 heavy (non-hydrogen) atoms. The van der Waals surface area contributed by atoms with Crippen LogP contribution in [0, 0.1) is 0 Å². The van der Waals surface area contributed by atoms with Crippen molar-refractivity contribution in [2.24, 2.45) is 5.14 Å². The van der Waals surface area contributed by atoms with Crippen molar-refractivity contribution < 1.29 is 23.1 Å². The number of ether oxygens (including phenoxy) is 1. The number of rotatable bonds is 5. The monoisotopic (exact) mass is 384 g/mol. The Morgan fingerprint density at radius 1 is 0.926 bits per heavy atom. The molecular formula is C19H16N2O5S. The highest BCUT2D eigenvalue weighted by molar-refractivity contribution is 7.89. The van der Waals surface area contributed by atoms with Gasteiger partial charge < -0.3 is 15.2 Å². The van der Waals surface area contributed by atoms with Crippen LogP contribution >= 0.6 is 0 Å². The number of hydrogen-bond donors (Lipinski definition) is 3. The Balaban J connectivity index is 1.82. The second kappa shape index (κ2) is 7.48. The third-order valence-electron chi connectivity index (χ3n) is 3.62. The molecular weight excluding hydrogens is 368 g/mol. The Bertz CT molecular complexity index is 1080. The standard InChI is InChI=1S/C19H16N2O5S/c20-27(24,25)16-9-10-18(22)17(12-16)21-19(23)13-5-4-8-15(11-13)26-14-6-2-1-3-7-14/h1-12,22H,(H,21,23)(H2,20,24,25). The molecule has 0 radical (unpaired) electrons. The first-order valence-corrected chi connectivity index (χ1v) is 9.38. The van der Waals surface area contributed by atoms with Crippen molar-refractivity contribution in [3.8, 4) is 17.2 Å². The van der Waals surface area contributed by atoms with E-state index in [1.54, 1.807) is 30.3 Å². The molecule has 3 aromatic rings. The average molecular weight is 384 g/mol. The van der Waals surface area contributed by atoms with Crippen molar-refractivity contribution in [3.05, 3.63) is 78.4 Å². The minimum absolute atomic E-state index is 0.0686. The van der Waals surface area contributed by atoms with Gasteiger partial charge in [-0.25, -0.2) is 13.6 Å². The Hall–Kier alpha value is -3.36. The summed E-state index contributed by atoms with van der Waals surface area (Å²) in [5.74, 6) is 0.243. The first-order chi connectivity index (χ1) is 12.8. The molecule has 0 atom stereocenters. The molecule has 8 heteroatoms. The Labute approximate surface area is 156 Å². The summed E-state index contributed by atoms with van der Waals surface area (Å²) in [6.07, 6.45) is 0. The van der Waals surface area contributed by atoms with Crippen LogP contribution in [0.2, 0.25) is 0 Å². The number of para-hydroxylation sites is 1. The molecule has 0 spiro atoms. The minimum atomic E-state index is -3.97. The fourth-order valence-electron chi connectivity index (χ4n) is 2.31. The number of carbonyl (C=O) groups is 1. The Morgan fingerprint density at radius 2 is 1.63 bits per heavy atom. The van der Waals surface area contributed by atoms with E-state index in [0.717, 1.165) is 18.2 Å². The van der Waals surface area contributed by atoms with Crippen molar-refractivity contribution in [2.45, 2.75) is 4.90 Å². The first-order valence-electron chi connectivity index (χ1n) is 7.83. The van der Waals surface area contributed by atoms with E-state index in [2.05, 4.69) is 5.32 Å². The van der Waals surface area contributed by atoms with E-state index in [9.17, 15) is 18.3 Å². The van der Waals surface area contributed by atoms with E-state index >= 15 is 0 Å². The van der Waals surface area contributed by atoms with E-state index in [4.69, 9.17) is 9.88 Å². The lowest BCUT2D eigenvalue weighted by atomic mass is 10.2. The lowest BCUT2D eigenvalue weighted by Crippen LogP contribution is -2.15. The van der Waals surface area contributed by atoms with Crippen LogP contribution in [0.5, 0.6) is 17.2 Å². The molecule has 0 aliphatic rings. The number of sulfonamides is 1. The third-order valence-corrected chi connectivity index (χ3v) is 4.53. The van der Waals surface area contributed by atoms with Crippen LogP contribution in [0.25, 0.3) is 0 Å². The van der Waals surface area contributed by atoms with Crippen molar-refractivity contribution in [3.63, 3.8) is 0 Å². The van der Waals surface area contributed by atoms with Crippen LogP contribution in [-0.2, 0) is 10.0 Å². The lowest BCUT2D eigenvalue weighted by molar-refractivity contribution is 0.102. The van der Waals surface area contributed by atoms with Gasteiger partial charge in [0.25, 0.3) is 5.91 Å². The highest BCUT2D eigenvalue weighted by Gasteiger charge is 2.14. The molecule has 4 N–H and O–H groups in total. The van der Waals surface area contributed by atoms with Crippen LogP contribution in [0.1, 0.15) is 10.4 Å². The number of hydrogen-bond acceptors (Lipinski definition) is 5. The number of nitrogens with two attached hydrogens (primary N) is 1. The van der Waals surface area contributed by atoms with Crippen molar-refractivity contribution in [1.29, 1.82) is 0 Å². The molecule has 3 aromatic carbocycles. The van der Waals surface area contributed by atoms with E-state index < -0.39 is 15.9 Å². The maximum atomic E-state index is 12.5. The molecule has 0 bridgehead atoms. The number of anilines is 1. The van der Waals surface area contributed by atoms with Crippen molar-refractivity contribution in [1.82, 2.24) is 0 Å². The van der Waals surface area contributed by atoms with Gasteiger partial charge in [-0.2, -0.15) is 0 Å². The van der Waals surface area contributed by atoms with Crippen molar-refractivity contribution in [2.75, 3.05) is 5.32 Å². The van der Waals surface area contributed by atoms with E-state index in [1.807, 2.05) is 18.2 Å². The van der Waals surface area contributed by atoms with Crippen LogP contribution in [0.15, 0.2) is 77.7 Å². The van der Waals surface area contributed by atoms with E-state index in [0.29, 0.717) is 11.5 Å². The van der Waals surface area contributed by atoms with Gasteiger partial charge in [0.2, 0.25) is 10.0 Å². The topological polar surface area (TPSA) is 119 Å². The highest BCUT2D eigenvalue weighted by Crippen LogP contribution is 2.27. The number of amides is 1. The van der Waals surface area contributed by atoms with Gasteiger partial charge in [-0.15, -0.1) is 0 Å². The first kappa shape index (κ1) is 18.4. The zero-order valence-electron chi connectivity index (χ0n) is 14.0. The van der Waals surface area contributed by atoms with Crippen molar-refractivity contribution >= 4 is 21.6 Å². The molecule has 3 rings (SSSR count). The normalized spacial score (nSPS) is 11.0. The molecule has 0 unspecified atom stereocenters. The maximum Gasteiger partial charge on any atom is 0.255 e. The molecule has 0 fully saturated rings. The minimum Gasteiger partial charge on any atom is -0.506 e. The van der Waals surface area contributed by atoms with Crippen LogP contribution in [-0.4, -0.2) is 19.4 Å². The lowest BCUT2D eigenvalue weighted by Gasteiger charge is -2.10. The molecule has 7 nitrogen and oxygen atoms in total. The van der Waals surface area contributed by atoms with Gasteiger partial charge in [-0.3, -0.25) is 4.79 Å². The van der Waals surface area contributed by atoms with Gasteiger partial charge in [0.1, 0.15) is 17.2 Å². The van der Waals surface area contributed by atoms with Gasteiger partial charge in [0.05, 0.1) is 10.6 Å². The Kier molecular flexibility index (Phi) is 5.11. The fraction of sp³-hybridized carbons (Fsp3) is 0. The quantitative estimate of drug-likeness (QED) is 0.584. The number of benzene rings is 3. The molecule has 0 aromatic heterocycles. The van der Waals surface area contributed by atoms with E-state index in [1.165, 1.54) is 6.07 Å². The predicted octanol–water partition coefficient (Wildman–Crippen LogP) is 3.08. The average Bonchev–Trinajstić information content (AvgIpc) is 2.63. The number of phenolic OH excluding ortho intramolecular Hbond substituents is 1. The zero-order valence-corrected chi connectivity index (χ0v) is 14.8. The highest BCUT2D eigenvalue weighted by atomic mass is 32.2. The molecule has 0 heterocycles. The van der Waals surface area contributed by atoms with Gasteiger partial charge in [0, 0.05) is 5.56 Å². The molecule has 1 amide bonds. The van der Waals surface area contributed by atoms with Crippen LogP contribution in [0.4, 0.5) is 5.69 Å². The summed E-state index contributed by atoms with van der Waals surface area (Å²) in [7, 11) is -3.97. The fourth-order valence-corrected chi connectivity index (χ4v) is 2.85. The van der Waals surface area contributed by atoms with Gasteiger partial charge >= 0.3 is 0 Å². The van der Waals surface area contributed by atoms with Crippen LogP contribution in [0.3, 0.4) is 0 Å². The van der Waals surface area contributed by atoms with Gasteiger partial charge in [0.15, 0.2) is 0 Å². The molecule has 0 aliphatic carbocycles. The second-order valence-electron chi connectivity index (χ2n) is 5.62. The third kappa shape index (κ3) is 4.63. The number of nitrogens with one attached hydrogen (secondary N) is 1. The summed E-state index contributed by atoms with van der Waals surface area (Å²) in [6, 6.07) is 18.9. The summed E-state index contributed by atoms with van der Waals surface area (Å²) >= 11 is 0. The molecule has 0 saturated heterocycles. The molecule has 138 valence electrons. The summed E-state index contributed by atoms with van der Waals surface area (Å²) < 4.78 is 28.6. The predicted molar refractivity (Wildman–Crippen MR) is 100 cm³/mol. The number of carbonyl (C=O) groups excluding carboxylic acids is 1. The number of phenols is 1. The molecule has 0 aliphatic heterocycles. The van der Waals surface area contributed by atoms with E-state index in [-0.39, 0.29) is 21.9 Å². The van der Waals surface area contributed by atoms with Gasteiger partial charge in [-0.05, 0) is 48.5 Å². The summed E-state index contributed by atoms with van der Waals surface area (Å²) in [6.45, 7) is 0. The largest absolute Gasteiger partial charge is 0.506 e. The van der Waals surface area contributed by atoms with Gasteiger partial charge in [-0.1, -0.05) is 24.3 Å². The molecule has 0 saturated carbocycles. The number of primary sulfonamides is 1. The summed E-state index contributed by atoms with van der Waals surface area (Å²) in [4.78, 5) is 12.2. The number of aromatic hydroxyl groups is 1. The summed E-state index contributed by atoms with van der Waals surface area (Å²) in [5.41, 5.74) is 0.199.